The van der Waals surface area contributed by atoms with Gasteiger partial charge in [-0.15, -0.1) is 0 Å². The highest BCUT2D eigenvalue weighted by Crippen LogP contribution is 2.30. The largest absolute Gasteiger partial charge is 0.459 e. The van der Waals surface area contributed by atoms with Crippen molar-refractivity contribution in [3.63, 3.8) is 0 Å². The van der Waals surface area contributed by atoms with E-state index in [2.05, 4.69) is 15.5 Å². The molecule has 2 amide bonds. The van der Waals surface area contributed by atoms with Gasteiger partial charge in [-0.2, -0.15) is 0 Å². The van der Waals surface area contributed by atoms with Crippen LogP contribution in [0.1, 0.15) is 20.9 Å². The Morgan fingerprint density at radius 1 is 0.865 bits per heavy atom. The summed E-state index contributed by atoms with van der Waals surface area (Å²) in [7, 11) is 0. The molecule has 188 valence electrons. The number of halogens is 2. The Labute approximate surface area is 228 Å². The first-order chi connectivity index (χ1) is 17.9. The molecule has 0 saturated carbocycles. The molecule has 3 aromatic carbocycles. The van der Waals surface area contributed by atoms with E-state index in [4.69, 9.17) is 39.8 Å². The molecule has 1 aromatic heterocycles. The van der Waals surface area contributed by atoms with Crippen LogP contribution in [0.15, 0.2) is 77.4 Å². The fraction of sp³-hybridized carbons (Fsp3) is 0.148. The van der Waals surface area contributed by atoms with E-state index >= 15 is 0 Å². The summed E-state index contributed by atoms with van der Waals surface area (Å²) in [6.07, 6.45) is 1.50. The van der Waals surface area contributed by atoms with Gasteiger partial charge >= 0.3 is 0 Å². The van der Waals surface area contributed by atoms with E-state index in [1.54, 1.807) is 47.4 Å². The van der Waals surface area contributed by atoms with Gasteiger partial charge < -0.3 is 19.5 Å². The molecule has 1 fully saturated rings. The standard InChI is InChI=1S/C27H22Cl2N4O3S/c28-21-7-2-4-18-19(21)5-1-6-20(18)25(34)31-27(37)30-17-9-10-23(22(29)16-17)32-11-13-33(14-12-32)26(35)24-8-3-15-36-24/h1-10,15-16H,11-14H2,(H2,30,31,34,37). The molecule has 1 aliphatic rings. The zero-order valence-corrected chi connectivity index (χ0v) is 21.9. The molecule has 7 nitrogen and oxygen atoms in total. The summed E-state index contributed by atoms with van der Waals surface area (Å²) in [5.74, 6) is -0.110. The van der Waals surface area contributed by atoms with Crippen LogP contribution in [0.2, 0.25) is 10.0 Å². The molecule has 2 N–H and O–H groups in total. The smallest absolute Gasteiger partial charge is 0.289 e. The van der Waals surface area contributed by atoms with Crippen LogP contribution >= 0.6 is 35.4 Å². The number of hydrogen-bond donors (Lipinski definition) is 2. The number of carbonyl (C=O) groups excluding carboxylic acids is 2. The van der Waals surface area contributed by atoms with Crippen molar-refractivity contribution < 1.29 is 14.0 Å². The molecular weight excluding hydrogens is 531 g/mol. The lowest BCUT2D eigenvalue weighted by atomic mass is 10.0. The van der Waals surface area contributed by atoms with Crippen LogP contribution in [0, 0.1) is 0 Å². The van der Waals surface area contributed by atoms with Crippen LogP contribution in [-0.2, 0) is 0 Å². The lowest BCUT2D eigenvalue weighted by Gasteiger charge is -2.36. The number of nitrogens with zero attached hydrogens (tertiary/aromatic N) is 2. The number of anilines is 2. The second kappa shape index (κ2) is 10.8. The van der Waals surface area contributed by atoms with E-state index in [0.29, 0.717) is 53.2 Å². The number of piperazine rings is 1. The van der Waals surface area contributed by atoms with E-state index in [0.717, 1.165) is 16.5 Å². The van der Waals surface area contributed by atoms with Crippen molar-refractivity contribution in [2.45, 2.75) is 0 Å². The molecule has 2 heterocycles. The normalized spacial score (nSPS) is 13.5. The Hall–Kier alpha value is -3.59. The predicted octanol–water partition coefficient (Wildman–Crippen LogP) is 5.83. The summed E-state index contributed by atoms with van der Waals surface area (Å²) in [6.45, 7) is 2.40. The van der Waals surface area contributed by atoms with Crippen molar-refractivity contribution >= 4 is 74.5 Å². The van der Waals surface area contributed by atoms with Gasteiger partial charge in [0.2, 0.25) is 0 Å². The Bertz CT molecular complexity index is 1480. The second-order valence-electron chi connectivity index (χ2n) is 8.47. The van der Waals surface area contributed by atoms with Crippen molar-refractivity contribution in [2.75, 3.05) is 36.4 Å². The second-order valence-corrected chi connectivity index (χ2v) is 9.69. The fourth-order valence-electron chi connectivity index (χ4n) is 4.35. The summed E-state index contributed by atoms with van der Waals surface area (Å²) >= 11 is 18.2. The number of nitrogens with one attached hydrogen (secondary N) is 2. The van der Waals surface area contributed by atoms with Crippen LogP contribution in [-0.4, -0.2) is 48.0 Å². The molecule has 4 aromatic rings. The molecule has 1 aliphatic heterocycles. The molecule has 1 saturated heterocycles. The monoisotopic (exact) mass is 552 g/mol. The van der Waals surface area contributed by atoms with Crippen LogP contribution in [0.25, 0.3) is 10.8 Å². The minimum Gasteiger partial charge on any atom is -0.459 e. The lowest BCUT2D eigenvalue weighted by molar-refractivity contribution is 0.0714. The van der Waals surface area contributed by atoms with Crippen molar-refractivity contribution in [3.8, 4) is 0 Å². The summed E-state index contributed by atoms with van der Waals surface area (Å²) in [4.78, 5) is 29.3. The quantitative estimate of drug-likeness (QED) is 0.310. The van der Waals surface area contributed by atoms with Crippen molar-refractivity contribution in [2.24, 2.45) is 0 Å². The molecule has 0 atom stereocenters. The summed E-state index contributed by atoms with van der Waals surface area (Å²) in [5.41, 5.74) is 1.98. The van der Waals surface area contributed by atoms with Gasteiger partial charge in [0.15, 0.2) is 10.9 Å². The van der Waals surface area contributed by atoms with Crippen molar-refractivity contribution in [1.29, 1.82) is 0 Å². The average Bonchev–Trinajstić information content (AvgIpc) is 3.43. The number of carbonyl (C=O) groups is 2. The van der Waals surface area contributed by atoms with Gasteiger partial charge in [0.1, 0.15) is 0 Å². The third-order valence-electron chi connectivity index (χ3n) is 6.19. The first kappa shape index (κ1) is 25.1. The Morgan fingerprint density at radius 3 is 2.35 bits per heavy atom. The molecule has 0 bridgehead atoms. The zero-order chi connectivity index (χ0) is 25.9. The molecular formula is C27H22Cl2N4O3S. The molecule has 0 radical (unpaired) electrons. The van der Waals surface area contributed by atoms with E-state index in [1.807, 2.05) is 24.3 Å². The number of fused-ring (bicyclic) bond motifs is 1. The van der Waals surface area contributed by atoms with E-state index in [9.17, 15) is 9.59 Å². The van der Waals surface area contributed by atoms with Gasteiger partial charge in [-0.05, 0) is 60.1 Å². The van der Waals surface area contributed by atoms with Gasteiger partial charge in [-0.25, -0.2) is 0 Å². The molecule has 0 spiro atoms. The van der Waals surface area contributed by atoms with Crippen LogP contribution < -0.4 is 15.5 Å². The van der Waals surface area contributed by atoms with Gasteiger partial charge in [-0.3, -0.25) is 14.9 Å². The van der Waals surface area contributed by atoms with Gasteiger partial charge in [0.05, 0.1) is 17.0 Å². The number of rotatable bonds is 4. The van der Waals surface area contributed by atoms with Crippen LogP contribution in [0.5, 0.6) is 0 Å². The highest BCUT2D eigenvalue weighted by Gasteiger charge is 2.25. The number of amides is 2. The maximum atomic E-state index is 12.9. The average molecular weight is 553 g/mol. The minimum absolute atomic E-state index is 0.113. The summed E-state index contributed by atoms with van der Waals surface area (Å²) in [5, 5.41) is 8.54. The third kappa shape index (κ3) is 5.41. The van der Waals surface area contributed by atoms with Crippen LogP contribution in [0.3, 0.4) is 0 Å². The topological polar surface area (TPSA) is 77.8 Å². The fourth-order valence-corrected chi connectivity index (χ4v) is 5.10. The predicted molar refractivity (Wildman–Crippen MR) is 151 cm³/mol. The molecule has 10 heteroatoms. The van der Waals surface area contributed by atoms with Crippen molar-refractivity contribution in [3.05, 3.63) is 94.4 Å². The lowest BCUT2D eigenvalue weighted by Crippen LogP contribution is -2.48. The van der Waals surface area contributed by atoms with Gasteiger partial charge in [-0.1, -0.05) is 47.5 Å². The van der Waals surface area contributed by atoms with Crippen LogP contribution in [0.4, 0.5) is 11.4 Å². The van der Waals surface area contributed by atoms with E-state index in [1.165, 1.54) is 6.26 Å². The highest BCUT2D eigenvalue weighted by molar-refractivity contribution is 7.80. The van der Waals surface area contributed by atoms with E-state index in [-0.39, 0.29) is 16.9 Å². The maximum Gasteiger partial charge on any atom is 0.289 e. The molecule has 0 unspecified atom stereocenters. The number of furan rings is 1. The maximum absolute atomic E-state index is 12.9. The first-order valence-electron chi connectivity index (χ1n) is 11.6. The third-order valence-corrected chi connectivity index (χ3v) is 7.02. The molecule has 5 rings (SSSR count). The Balaban J connectivity index is 1.20. The summed E-state index contributed by atoms with van der Waals surface area (Å²) in [6, 6.07) is 19.7. The summed E-state index contributed by atoms with van der Waals surface area (Å²) < 4.78 is 5.22. The zero-order valence-electron chi connectivity index (χ0n) is 19.5. The Kier molecular flexibility index (Phi) is 7.32. The number of thiocarbonyl (C=S) groups is 1. The molecule has 37 heavy (non-hydrogen) atoms. The highest BCUT2D eigenvalue weighted by atomic mass is 35.5. The number of hydrogen-bond acceptors (Lipinski definition) is 5. The number of benzene rings is 3. The molecule has 0 aliphatic carbocycles. The van der Waals surface area contributed by atoms with Crippen molar-refractivity contribution in [1.82, 2.24) is 10.2 Å². The van der Waals surface area contributed by atoms with Gasteiger partial charge in [0, 0.05) is 47.8 Å². The Morgan fingerprint density at radius 2 is 1.62 bits per heavy atom. The minimum atomic E-state index is -0.338. The first-order valence-corrected chi connectivity index (χ1v) is 12.7. The van der Waals surface area contributed by atoms with Gasteiger partial charge in [0.25, 0.3) is 11.8 Å². The van der Waals surface area contributed by atoms with E-state index < -0.39 is 0 Å². The SMILES string of the molecule is O=C(NC(=S)Nc1ccc(N2CCN(C(=O)c3ccco3)CC2)c(Cl)c1)c1cccc2c(Cl)cccc12.